The van der Waals surface area contributed by atoms with Crippen LogP contribution in [0.4, 0.5) is 11.4 Å². The van der Waals surface area contributed by atoms with Crippen molar-refractivity contribution < 1.29 is 0 Å². The first-order valence-corrected chi connectivity index (χ1v) is 11.5. The minimum absolute atomic E-state index is 0.127. The quantitative estimate of drug-likeness (QED) is 0.326. The van der Waals surface area contributed by atoms with E-state index in [9.17, 15) is 0 Å². The number of rotatable bonds is 4. The van der Waals surface area contributed by atoms with Crippen LogP contribution in [0.3, 0.4) is 0 Å². The van der Waals surface area contributed by atoms with Crippen molar-refractivity contribution in [2.75, 3.05) is 17.3 Å². The van der Waals surface area contributed by atoms with Crippen LogP contribution in [-0.4, -0.2) is 11.6 Å². The standard InChI is InChI=1S/C30H27N3/c1-32-25-19-11-9-17-23(25)27(29(32)21-13-5-3-6-14-21)31-28-24-18-10-12-20-26(24)33(2)30(28)22-15-7-4-8-16-22/h3-20,27,29,31H,1-2H3. The average Bonchev–Trinajstić information content (AvgIpc) is 3.32. The first-order valence-electron chi connectivity index (χ1n) is 11.5. The molecule has 0 fully saturated rings. The Kier molecular flexibility index (Phi) is 4.69. The average molecular weight is 430 g/mol. The van der Waals surface area contributed by atoms with Gasteiger partial charge in [0, 0.05) is 36.3 Å². The van der Waals surface area contributed by atoms with Crippen molar-refractivity contribution >= 4 is 22.3 Å². The molecule has 2 heterocycles. The number of nitrogens with zero attached hydrogens (tertiary/aromatic N) is 2. The van der Waals surface area contributed by atoms with Crippen LogP contribution in [0.5, 0.6) is 0 Å². The summed E-state index contributed by atoms with van der Waals surface area (Å²) >= 11 is 0. The van der Waals surface area contributed by atoms with Crippen LogP contribution >= 0.6 is 0 Å². The molecule has 0 bridgehead atoms. The molecule has 0 saturated carbocycles. The molecular formula is C30H27N3. The second-order valence-corrected chi connectivity index (χ2v) is 8.81. The Morgan fingerprint density at radius 3 is 2.09 bits per heavy atom. The molecule has 4 aromatic carbocycles. The van der Waals surface area contributed by atoms with Gasteiger partial charge in [-0.2, -0.15) is 0 Å². The number of nitrogens with one attached hydrogen (secondary N) is 1. The monoisotopic (exact) mass is 429 g/mol. The van der Waals surface area contributed by atoms with E-state index in [1.54, 1.807) is 0 Å². The van der Waals surface area contributed by atoms with Gasteiger partial charge in [0.15, 0.2) is 0 Å². The van der Waals surface area contributed by atoms with E-state index in [1.807, 2.05) is 0 Å². The van der Waals surface area contributed by atoms with Crippen molar-refractivity contribution in [3.05, 3.63) is 120 Å². The van der Waals surface area contributed by atoms with Gasteiger partial charge in [0.1, 0.15) is 0 Å². The lowest BCUT2D eigenvalue weighted by Gasteiger charge is -2.29. The van der Waals surface area contributed by atoms with E-state index in [-0.39, 0.29) is 12.1 Å². The van der Waals surface area contributed by atoms with Gasteiger partial charge in [0.25, 0.3) is 0 Å². The highest BCUT2D eigenvalue weighted by Crippen LogP contribution is 2.50. The van der Waals surface area contributed by atoms with Crippen LogP contribution in [-0.2, 0) is 7.05 Å². The number of hydrogen-bond acceptors (Lipinski definition) is 2. The molecule has 0 amide bonds. The van der Waals surface area contributed by atoms with Crippen LogP contribution in [0, 0.1) is 0 Å². The zero-order chi connectivity index (χ0) is 22.4. The summed E-state index contributed by atoms with van der Waals surface area (Å²) in [7, 11) is 4.37. The van der Waals surface area contributed by atoms with E-state index >= 15 is 0 Å². The molecule has 1 aliphatic rings. The molecule has 0 saturated heterocycles. The van der Waals surface area contributed by atoms with Crippen molar-refractivity contribution in [1.29, 1.82) is 0 Å². The molecule has 0 aliphatic carbocycles. The Hall–Kier alpha value is -3.98. The number of benzene rings is 4. The molecular weight excluding hydrogens is 402 g/mol. The Labute approximate surface area is 194 Å². The minimum Gasteiger partial charge on any atom is -0.373 e. The fourth-order valence-electron chi connectivity index (χ4n) is 5.47. The molecule has 0 radical (unpaired) electrons. The molecule has 162 valence electrons. The van der Waals surface area contributed by atoms with Crippen molar-refractivity contribution in [2.24, 2.45) is 7.05 Å². The smallest absolute Gasteiger partial charge is 0.0783 e. The van der Waals surface area contributed by atoms with Crippen molar-refractivity contribution in [2.45, 2.75) is 12.1 Å². The van der Waals surface area contributed by atoms with Gasteiger partial charge in [-0.3, -0.25) is 0 Å². The van der Waals surface area contributed by atoms with Gasteiger partial charge in [-0.25, -0.2) is 0 Å². The van der Waals surface area contributed by atoms with Crippen molar-refractivity contribution in [1.82, 2.24) is 4.57 Å². The number of fused-ring (bicyclic) bond motifs is 2. The van der Waals surface area contributed by atoms with E-state index in [2.05, 4.69) is 138 Å². The van der Waals surface area contributed by atoms with Gasteiger partial charge < -0.3 is 14.8 Å². The number of anilines is 2. The second-order valence-electron chi connectivity index (χ2n) is 8.81. The van der Waals surface area contributed by atoms with Crippen LogP contribution < -0.4 is 10.2 Å². The van der Waals surface area contributed by atoms with Crippen LogP contribution in [0.25, 0.3) is 22.2 Å². The molecule has 2 atom stereocenters. The summed E-state index contributed by atoms with van der Waals surface area (Å²) in [6, 6.07) is 39.3. The normalized spacial score (nSPS) is 17.3. The fraction of sp³-hybridized carbons (Fsp3) is 0.133. The summed E-state index contributed by atoms with van der Waals surface area (Å²) in [5.74, 6) is 0. The number of aryl methyl sites for hydroxylation is 1. The van der Waals surface area contributed by atoms with Crippen LogP contribution in [0.15, 0.2) is 109 Å². The maximum Gasteiger partial charge on any atom is 0.0783 e. The molecule has 3 heteroatoms. The SMILES string of the molecule is CN1c2ccccc2C(Nc2c(-c3ccccc3)n(C)c3ccccc23)C1c1ccccc1. The zero-order valence-electron chi connectivity index (χ0n) is 18.9. The number of likely N-dealkylation sites (N-methyl/N-ethyl adjacent to an activating group) is 1. The summed E-state index contributed by atoms with van der Waals surface area (Å²) in [6.45, 7) is 0. The largest absolute Gasteiger partial charge is 0.373 e. The minimum atomic E-state index is 0.127. The fourth-order valence-corrected chi connectivity index (χ4v) is 5.47. The molecule has 2 unspecified atom stereocenters. The third-order valence-electron chi connectivity index (χ3n) is 6.98. The van der Waals surface area contributed by atoms with Gasteiger partial charge >= 0.3 is 0 Å². The lowest BCUT2D eigenvalue weighted by atomic mass is 9.96. The predicted molar refractivity (Wildman–Crippen MR) is 139 cm³/mol. The second kappa shape index (κ2) is 7.86. The highest BCUT2D eigenvalue weighted by atomic mass is 15.2. The highest BCUT2D eigenvalue weighted by molar-refractivity contribution is 6.02. The van der Waals surface area contributed by atoms with E-state index in [0.29, 0.717) is 0 Å². The summed E-state index contributed by atoms with van der Waals surface area (Å²) in [5.41, 5.74) is 8.79. The molecule has 1 aliphatic heterocycles. The third-order valence-corrected chi connectivity index (χ3v) is 6.98. The number of para-hydroxylation sites is 2. The van der Waals surface area contributed by atoms with Crippen molar-refractivity contribution in [3.8, 4) is 11.3 Å². The van der Waals surface area contributed by atoms with E-state index in [0.717, 1.165) is 0 Å². The van der Waals surface area contributed by atoms with E-state index < -0.39 is 0 Å². The van der Waals surface area contributed by atoms with E-state index in [4.69, 9.17) is 0 Å². The Morgan fingerprint density at radius 2 is 1.30 bits per heavy atom. The summed E-state index contributed by atoms with van der Waals surface area (Å²) < 4.78 is 2.31. The summed E-state index contributed by atoms with van der Waals surface area (Å²) in [6.07, 6.45) is 0. The molecule has 0 spiro atoms. The van der Waals surface area contributed by atoms with Gasteiger partial charge in [-0.05, 0) is 17.7 Å². The first-order chi connectivity index (χ1) is 16.2. The van der Waals surface area contributed by atoms with Gasteiger partial charge in [-0.15, -0.1) is 0 Å². The Balaban J connectivity index is 1.56. The lowest BCUT2D eigenvalue weighted by Crippen LogP contribution is -2.26. The summed E-state index contributed by atoms with van der Waals surface area (Å²) in [5, 5.41) is 5.29. The van der Waals surface area contributed by atoms with Gasteiger partial charge in [-0.1, -0.05) is 97.1 Å². The third kappa shape index (κ3) is 3.12. The Morgan fingerprint density at radius 1 is 0.667 bits per heavy atom. The van der Waals surface area contributed by atoms with Gasteiger partial charge in [0.05, 0.1) is 29.0 Å². The predicted octanol–water partition coefficient (Wildman–Crippen LogP) is 7.19. The van der Waals surface area contributed by atoms with Gasteiger partial charge in [0.2, 0.25) is 0 Å². The zero-order valence-corrected chi connectivity index (χ0v) is 18.9. The van der Waals surface area contributed by atoms with Crippen LogP contribution in [0.2, 0.25) is 0 Å². The molecule has 5 aromatic rings. The number of hydrogen-bond donors (Lipinski definition) is 1. The molecule has 3 nitrogen and oxygen atoms in total. The highest BCUT2D eigenvalue weighted by Gasteiger charge is 2.38. The molecule has 1 N–H and O–H groups in total. The molecule has 6 rings (SSSR count). The van der Waals surface area contributed by atoms with E-state index in [1.165, 1.54) is 44.7 Å². The maximum atomic E-state index is 4.04. The molecule has 1 aromatic heterocycles. The topological polar surface area (TPSA) is 20.2 Å². The lowest BCUT2D eigenvalue weighted by molar-refractivity contribution is 0.622. The van der Waals surface area contributed by atoms with Crippen molar-refractivity contribution in [3.63, 3.8) is 0 Å². The maximum absolute atomic E-state index is 4.04. The van der Waals surface area contributed by atoms with Crippen LogP contribution in [0.1, 0.15) is 23.2 Å². The first kappa shape index (κ1) is 19.7. The number of aromatic nitrogens is 1. The Bertz CT molecular complexity index is 1420. The molecule has 33 heavy (non-hydrogen) atoms. The summed E-state index contributed by atoms with van der Waals surface area (Å²) in [4.78, 5) is 2.41.